The minimum Gasteiger partial charge on any atom is -0.465 e. The molecule has 3 amide bonds. The zero-order chi connectivity index (χ0) is 17.5. The van der Waals surface area contributed by atoms with Gasteiger partial charge in [-0.3, -0.25) is 0 Å². The minimum atomic E-state index is -4.42. The number of nitrogens with one attached hydrogen (secondary N) is 1. The molecule has 4 rings (SSSR count). The van der Waals surface area contributed by atoms with Crippen LogP contribution in [0.25, 0.3) is 0 Å². The number of carbonyl (C=O) groups excluding carboxylic acids is 1. The summed E-state index contributed by atoms with van der Waals surface area (Å²) in [5.41, 5.74) is -0.515. The molecule has 0 radical (unpaired) electrons. The number of amides is 3. The highest BCUT2D eigenvalue weighted by molar-refractivity contribution is 5.90. The summed E-state index contributed by atoms with van der Waals surface area (Å²) in [6.07, 6.45) is -3.99. The molecule has 1 aromatic carbocycles. The van der Waals surface area contributed by atoms with Gasteiger partial charge in [0.25, 0.3) is 0 Å². The third-order valence-electron chi connectivity index (χ3n) is 4.50. The van der Waals surface area contributed by atoms with Crippen LogP contribution in [0, 0.1) is 0 Å². The Bertz CT molecular complexity index is 648. The molecule has 0 saturated carbocycles. The smallest absolute Gasteiger partial charge is 0.416 e. The lowest BCUT2D eigenvalue weighted by molar-refractivity contribution is -0.137. The van der Waals surface area contributed by atoms with Crippen molar-refractivity contribution in [3.05, 3.63) is 29.8 Å². The van der Waals surface area contributed by atoms with E-state index in [9.17, 15) is 22.8 Å². The number of rotatable bonds is 1. The van der Waals surface area contributed by atoms with E-state index < -0.39 is 23.9 Å². The minimum absolute atomic E-state index is 0.208. The van der Waals surface area contributed by atoms with E-state index in [1.165, 1.54) is 17.0 Å². The van der Waals surface area contributed by atoms with Gasteiger partial charge in [0.2, 0.25) is 0 Å². The van der Waals surface area contributed by atoms with Crippen molar-refractivity contribution < 1.29 is 27.9 Å². The number of alkyl halides is 3. The summed E-state index contributed by atoms with van der Waals surface area (Å²) in [5, 5.41) is 11.7. The number of anilines is 1. The fourth-order valence-corrected chi connectivity index (χ4v) is 3.25. The Morgan fingerprint density at radius 2 is 1.58 bits per heavy atom. The molecule has 3 heterocycles. The third-order valence-corrected chi connectivity index (χ3v) is 4.50. The van der Waals surface area contributed by atoms with Crippen molar-refractivity contribution in [3.63, 3.8) is 0 Å². The van der Waals surface area contributed by atoms with Gasteiger partial charge in [0.15, 0.2) is 0 Å². The monoisotopic (exact) mass is 343 g/mol. The quantitative estimate of drug-likeness (QED) is 0.823. The number of hydrogen-bond donors (Lipinski definition) is 2. The predicted octanol–water partition coefficient (Wildman–Crippen LogP) is 3.06. The van der Waals surface area contributed by atoms with E-state index in [2.05, 4.69) is 5.32 Å². The number of hydrogen-bond acceptors (Lipinski definition) is 2. The van der Waals surface area contributed by atoms with Gasteiger partial charge in [0, 0.05) is 18.8 Å². The second kappa shape index (κ2) is 5.88. The predicted molar refractivity (Wildman–Crippen MR) is 78.7 cm³/mol. The Morgan fingerprint density at radius 1 is 1.04 bits per heavy atom. The first-order valence-electron chi connectivity index (χ1n) is 7.50. The van der Waals surface area contributed by atoms with Crippen molar-refractivity contribution in [2.45, 2.75) is 31.1 Å². The average Bonchev–Trinajstić information content (AvgIpc) is 2.54. The number of piperazine rings is 1. The second-order valence-corrected chi connectivity index (χ2v) is 5.98. The van der Waals surface area contributed by atoms with Gasteiger partial charge in [-0.2, -0.15) is 13.2 Å². The van der Waals surface area contributed by atoms with E-state index in [-0.39, 0.29) is 24.3 Å². The third kappa shape index (κ3) is 3.10. The summed E-state index contributed by atoms with van der Waals surface area (Å²) in [4.78, 5) is 26.4. The molecule has 3 aliphatic rings. The second-order valence-electron chi connectivity index (χ2n) is 5.98. The first kappa shape index (κ1) is 16.4. The molecule has 0 spiro atoms. The van der Waals surface area contributed by atoms with Gasteiger partial charge in [0.05, 0.1) is 17.6 Å². The number of fused-ring (bicyclic) bond motifs is 3. The van der Waals surface area contributed by atoms with Crippen LogP contribution in [0.1, 0.15) is 18.4 Å². The van der Waals surface area contributed by atoms with Gasteiger partial charge in [-0.05, 0) is 37.1 Å². The number of piperidine rings is 2. The Balaban J connectivity index is 1.65. The summed E-state index contributed by atoms with van der Waals surface area (Å²) >= 11 is 0. The van der Waals surface area contributed by atoms with Crippen LogP contribution in [-0.2, 0) is 6.18 Å². The molecule has 3 fully saturated rings. The Kier molecular flexibility index (Phi) is 4.02. The summed E-state index contributed by atoms with van der Waals surface area (Å²) in [6.45, 7) is 0.559. The fourth-order valence-electron chi connectivity index (χ4n) is 3.25. The zero-order valence-electron chi connectivity index (χ0n) is 12.6. The van der Waals surface area contributed by atoms with Gasteiger partial charge >= 0.3 is 18.3 Å². The lowest BCUT2D eigenvalue weighted by Crippen LogP contribution is -2.65. The summed E-state index contributed by atoms with van der Waals surface area (Å²) in [7, 11) is 0. The number of urea groups is 1. The largest absolute Gasteiger partial charge is 0.465 e. The number of carbonyl (C=O) groups is 2. The molecular formula is C15H16F3N3O3. The fraction of sp³-hybridized carbons (Fsp3) is 0.467. The lowest BCUT2D eigenvalue weighted by atomic mass is 9.91. The van der Waals surface area contributed by atoms with E-state index in [4.69, 9.17) is 5.11 Å². The number of halogens is 3. The van der Waals surface area contributed by atoms with Crippen LogP contribution in [0.15, 0.2) is 24.3 Å². The standard InChI is InChI=1S/C15H16F3N3O3/c16-15(17,18)9-1-3-10(4-2-9)19-13(22)20-7-12-6-5-11(20)8-21(12)14(23)24/h1-4,11-12H,5-8H2,(H,19,22)(H,23,24). The molecule has 9 heteroatoms. The Hall–Kier alpha value is -2.45. The molecule has 130 valence electrons. The molecule has 2 bridgehead atoms. The first-order chi connectivity index (χ1) is 11.3. The van der Waals surface area contributed by atoms with Crippen molar-refractivity contribution in [1.82, 2.24) is 9.80 Å². The molecule has 0 aliphatic carbocycles. The van der Waals surface area contributed by atoms with Crippen LogP contribution < -0.4 is 5.32 Å². The first-order valence-corrected chi connectivity index (χ1v) is 7.50. The van der Waals surface area contributed by atoms with Gasteiger partial charge in [0.1, 0.15) is 0 Å². The molecular weight excluding hydrogens is 327 g/mol. The normalized spacial score (nSPS) is 23.3. The molecule has 2 N–H and O–H groups in total. The molecule has 2 atom stereocenters. The van der Waals surface area contributed by atoms with Crippen LogP contribution in [0.5, 0.6) is 0 Å². The van der Waals surface area contributed by atoms with E-state index in [0.717, 1.165) is 18.6 Å². The summed E-state index contributed by atoms with van der Waals surface area (Å²) in [6, 6.07) is 3.36. The van der Waals surface area contributed by atoms with E-state index in [1.807, 2.05) is 0 Å². The number of carboxylic acid groups (broad SMARTS) is 1. The maximum Gasteiger partial charge on any atom is 0.416 e. The average molecular weight is 343 g/mol. The molecule has 3 saturated heterocycles. The van der Waals surface area contributed by atoms with E-state index >= 15 is 0 Å². The van der Waals surface area contributed by atoms with Crippen molar-refractivity contribution in [3.8, 4) is 0 Å². The molecule has 6 nitrogen and oxygen atoms in total. The van der Waals surface area contributed by atoms with Gasteiger partial charge in [-0.25, -0.2) is 9.59 Å². The van der Waals surface area contributed by atoms with Crippen LogP contribution in [-0.4, -0.2) is 52.2 Å². The summed E-state index contributed by atoms with van der Waals surface area (Å²) in [5.74, 6) is 0. The number of nitrogens with zero attached hydrogens (tertiary/aromatic N) is 2. The van der Waals surface area contributed by atoms with Crippen molar-refractivity contribution in [1.29, 1.82) is 0 Å². The number of benzene rings is 1. The van der Waals surface area contributed by atoms with Gasteiger partial charge < -0.3 is 20.2 Å². The van der Waals surface area contributed by atoms with Crippen LogP contribution in [0.3, 0.4) is 0 Å². The lowest BCUT2D eigenvalue weighted by Gasteiger charge is -2.50. The molecule has 1 aromatic rings. The molecule has 0 aromatic heterocycles. The van der Waals surface area contributed by atoms with Gasteiger partial charge in [-0.1, -0.05) is 0 Å². The van der Waals surface area contributed by atoms with E-state index in [0.29, 0.717) is 13.0 Å². The Morgan fingerprint density at radius 3 is 2.04 bits per heavy atom. The summed E-state index contributed by atoms with van der Waals surface area (Å²) < 4.78 is 37.6. The van der Waals surface area contributed by atoms with Crippen LogP contribution >= 0.6 is 0 Å². The van der Waals surface area contributed by atoms with Crippen molar-refractivity contribution >= 4 is 17.8 Å². The molecule has 3 aliphatic heterocycles. The maximum atomic E-state index is 12.5. The highest BCUT2D eigenvalue weighted by Crippen LogP contribution is 2.31. The van der Waals surface area contributed by atoms with Crippen LogP contribution in [0.4, 0.5) is 28.4 Å². The maximum absolute atomic E-state index is 12.5. The zero-order valence-corrected chi connectivity index (χ0v) is 12.6. The van der Waals surface area contributed by atoms with Gasteiger partial charge in [-0.15, -0.1) is 0 Å². The highest BCUT2D eigenvalue weighted by Gasteiger charge is 2.43. The molecule has 2 unspecified atom stereocenters. The SMILES string of the molecule is O=C(O)N1CC2CCC1CN2C(=O)Nc1ccc(C(F)(F)F)cc1. The molecule has 24 heavy (non-hydrogen) atoms. The van der Waals surface area contributed by atoms with Crippen molar-refractivity contribution in [2.75, 3.05) is 18.4 Å². The topological polar surface area (TPSA) is 72.9 Å². The van der Waals surface area contributed by atoms with Crippen LogP contribution in [0.2, 0.25) is 0 Å². The van der Waals surface area contributed by atoms with Crippen molar-refractivity contribution in [2.24, 2.45) is 0 Å². The highest BCUT2D eigenvalue weighted by atomic mass is 19.4. The Labute approximate surface area is 135 Å². The van der Waals surface area contributed by atoms with E-state index in [1.54, 1.807) is 4.90 Å².